The Hall–Kier alpha value is -3.09. The number of carbonyl (C=O) groups excluding carboxylic acids is 2. The summed E-state index contributed by atoms with van der Waals surface area (Å²) in [4.78, 5) is 27.0. The van der Waals surface area contributed by atoms with Crippen molar-refractivity contribution in [3.8, 4) is 11.5 Å². The molecule has 1 heterocycles. The summed E-state index contributed by atoms with van der Waals surface area (Å²) in [6.45, 7) is 3.51. The minimum absolute atomic E-state index is 0.106. The molecule has 3 rings (SSSR count). The third-order valence-electron chi connectivity index (χ3n) is 5.10. The van der Waals surface area contributed by atoms with E-state index in [1.807, 2.05) is 25.1 Å². The van der Waals surface area contributed by atoms with Gasteiger partial charge in [-0.3, -0.25) is 9.59 Å². The monoisotopic (exact) mass is 428 g/mol. The first-order valence-electron chi connectivity index (χ1n) is 10.7. The first kappa shape index (κ1) is 22.6. The topological polar surface area (TPSA) is 67.9 Å². The number of nitrogens with zero attached hydrogens (tertiary/aromatic N) is 1. The van der Waals surface area contributed by atoms with Crippen LogP contribution in [-0.2, 0) is 22.6 Å². The van der Waals surface area contributed by atoms with Crippen LogP contribution in [0, 0.1) is 5.82 Å². The SMILES string of the molecule is CCOc1cccc2c1OCCCCCNC(=O)CN(C(=O)Cc1ccccc1F)C2. The molecule has 0 saturated carbocycles. The van der Waals surface area contributed by atoms with E-state index in [-0.39, 0.29) is 31.3 Å². The molecule has 0 saturated heterocycles. The van der Waals surface area contributed by atoms with Gasteiger partial charge in [-0.15, -0.1) is 0 Å². The van der Waals surface area contributed by atoms with E-state index < -0.39 is 5.82 Å². The summed E-state index contributed by atoms with van der Waals surface area (Å²) in [6, 6.07) is 11.7. The number of hydrogen-bond acceptors (Lipinski definition) is 4. The molecule has 2 aromatic rings. The lowest BCUT2D eigenvalue weighted by Crippen LogP contribution is -2.41. The molecule has 0 aliphatic carbocycles. The van der Waals surface area contributed by atoms with Crippen LogP contribution in [0.4, 0.5) is 4.39 Å². The Bertz CT molecular complexity index is 903. The molecule has 2 aromatic carbocycles. The Balaban J connectivity index is 1.90. The Labute approximate surface area is 182 Å². The molecule has 2 amide bonds. The quantitative estimate of drug-likeness (QED) is 0.810. The van der Waals surface area contributed by atoms with Gasteiger partial charge >= 0.3 is 0 Å². The van der Waals surface area contributed by atoms with E-state index in [0.29, 0.717) is 36.8 Å². The van der Waals surface area contributed by atoms with Gasteiger partial charge in [-0.2, -0.15) is 0 Å². The number of nitrogens with one attached hydrogen (secondary N) is 1. The maximum absolute atomic E-state index is 14.1. The molecule has 0 spiro atoms. The standard InChI is InChI=1S/C24H29FN2O4/c1-2-30-21-12-8-10-19-16-27(23(29)15-18-9-4-5-11-20(18)25)17-22(28)26-13-6-3-7-14-31-24(19)21/h4-5,8-12H,2-3,6-7,13-17H2,1H3,(H,26,28). The fourth-order valence-corrected chi connectivity index (χ4v) is 3.51. The number of ether oxygens (including phenoxy) is 2. The molecule has 1 N–H and O–H groups in total. The summed E-state index contributed by atoms with van der Waals surface area (Å²) >= 11 is 0. The maximum Gasteiger partial charge on any atom is 0.239 e. The zero-order chi connectivity index (χ0) is 22.1. The van der Waals surface area contributed by atoms with Crippen molar-refractivity contribution < 1.29 is 23.5 Å². The van der Waals surface area contributed by atoms with Crippen LogP contribution in [0.25, 0.3) is 0 Å². The minimum atomic E-state index is -0.437. The number of carbonyl (C=O) groups is 2. The van der Waals surface area contributed by atoms with Crippen LogP contribution in [0.2, 0.25) is 0 Å². The fraction of sp³-hybridized carbons (Fsp3) is 0.417. The van der Waals surface area contributed by atoms with Gasteiger partial charge in [-0.05, 0) is 43.9 Å². The third-order valence-corrected chi connectivity index (χ3v) is 5.10. The average molecular weight is 429 g/mol. The van der Waals surface area contributed by atoms with E-state index in [2.05, 4.69) is 5.32 Å². The molecule has 1 aliphatic heterocycles. The van der Waals surface area contributed by atoms with Crippen LogP contribution < -0.4 is 14.8 Å². The second kappa shape index (κ2) is 11.3. The first-order valence-corrected chi connectivity index (χ1v) is 10.7. The Morgan fingerprint density at radius 1 is 1.13 bits per heavy atom. The highest BCUT2D eigenvalue weighted by atomic mass is 19.1. The number of halogens is 1. The molecular weight excluding hydrogens is 399 g/mol. The molecule has 0 atom stereocenters. The second-order valence-electron chi connectivity index (χ2n) is 7.45. The van der Waals surface area contributed by atoms with Crippen LogP contribution >= 0.6 is 0 Å². The molecule has 1 aliphatic rings. The minimum Gasteiger partial charge on any atom is -0.490 e. The summed E-state index contributed by atoms with van der Waals surface area (Å²) in [6.07, 6.45) is 2.48. The summed E-state index contributed by atoms with van der Waals surface area (Å²) in [5.74, 6) is 0.203. The van der Waals surface area contributed by atoms with Gasteiger partial charge in [0.2, 0.25) is 11.8 Å². The molecule has 0 radical (unpaired) electrons. The summed E-state index contributed by atoms with van der Waals surface area (Å²) in [5, 5.41) is 2.86. The third kappa shape index (κ3) is 6.44. The van der Waals surface area contributed by atoms with Crippen molar-refractivity contribution in [2.24, 2.45) is 0 Å². The Kier molecular flexibility index (Phi) is 8.27. The van der Waals surface area contributed by atoms with Crippen LogP contribution in [-0.4, -0.2) is 43.0 Å². The fourth-order valence-electron chi connectivity index (χ4n) is 3.51. The largest absolute Gasteiger partial charge is 0.490 e. The number of hydrogen-bond donors (Lipinski definition) is 1. The van der Waals surface area contributed by atoms with Crippen molar-refractivity contribution in [3.05, 3.63) is 59.4 Å². The van der Waals surface area contributed by atoms with E-state index in [4.69, 9.17) is 9.47 Å². The van der Waals surface area contributed by atoms with E-state index in [9.17, 15) is 14.0 Å². The van der Waals surface area contributed by atoms with Gasteiger partial charge in [-0.25, -0.2) is 4.39 Å². The smallest absolute Gasteiger partial charge is 0.239 e. The molecule has 6 nitrogen and oxygen atoms in total. The lowest BCUT2D eigenvalue weighted by atomic mass is 10.1. The maximum atomic E-state index is 14.1. The zero-order valence-electron chi connectivity index (χ0n) is 17.9. The van der Waals surface area contributed by atoms with Gasteiger partial charge in [0, 0.05) is 12.1 Å². The van der Waals surface area contributed by atoms with Gasteiger partial charge in [-0.1, -0.05) is 30.3 Å². The van der Waals surface area contributed by atoms with Crippen LogP contribution in [0.1, 0.15) is 37.3 Å². The lowest BCUT2D eigenvalue weighted by molar-refractivity contribution is -0.136. The molecule has 31 heavy (non-hydrogen) atoms. The van der Waals surface area contributed by atoms with Gasteiger partial charge in [0.1, 0.15) is 5.82 Å². The van der Waals surface area contributed by atoms with Gasteiger partial charge in [0.15, 0.2) is 11.5 Å². The van der Waals surface area contributed by atoms with Crippen molar-refractivity contribution in [2.75, 3.05) is 26.3 Å². The zero-order valence-corrected chi connectivity index (χ0v) is 17.9. The summed E-state index contributed by atoms with van der Waals surface area (Å²) in [5.41, 5.74) is 1.05. The van der Waals surface area contributed by atoms with Gasteiger partial charge < -0.3 is 19.7 Å². The Morgan fingerprint density at radius 3 is 2.77 bits per heavy atom. The molecule has 0 fully saturated rings. The van der Waals surface area contributed by atoms with E-state index in [1.54, 1.807) is 18.2 Å². The number of benzene rings is 2. The normalized spacial score (nSPS) is 15.4. The van der Waals surface area contributed by atoms with Crippen molar-refractivity contribution >= 4 is 11.8 Å². The highest BCUT2D eigenvalue weighted by Crippen LogP contribution is 2.33. The molecule has 0 unspecified atom stereocenters. The van der Waals surface area contributed by atoms with Crippen molar-refractivity contribution in [1.29, 1.82) is 0 Å². The number of para-hydroxylation sites is 1. The highest BCUT2D eigenvalue weighted by molar-refractivity contribution is 5.86. The molecule has 0 bridgehead atoms. The predicted octanol–water partition coefficient (Wildman–Crippen LogP) is 3.47. The summed E-state index contributed by atoms with van der Waals surface area (Å²) < 4.78 is 25.9. The lowest BCUT2D eigenvalue weighted by Gasteiger charge is -2.24. The van der Waals surface area contributed by atoms with Crippen LogP contribution in [0.5, 0.6) is 11.5 Å². The van der Waals surface area contributed by atoms with Gasteiger partial charge in [0.25, 0.3) is 0 Å². The van der Waals surface area contributed by atoms with E-state index in [1.165, 1.54) is 11.0 Å². The van der Waals surface area contributed by atoms with E-state index >= 15 is 0 Å². The second-order valence-corrected chi connectivity index (χ2v) is 7.45. The molecular formula is C24H29FN2O4. The molecule has 0 aromatic heterocycles. The van der Waals surface area contributed by atoms with Crippen molar-refractivity contribution in [1.82, 2.24) is 10.2 Å². The number of rotatable bonds is 4. The number of amides is 2. The molecule has 7 heteroatoms. The van der Waals surface area contributed by atoms with Crippen LogP contribution in [0.3, 0.4) is 0 Å². The molecule has 166 valence electrons. The Morgan fingerprint density at radius 2 is 1.97 bits per heavy atom. The predicted molar refractivity (Wildman–Crippen MR) is 115 cm³/mol. The first-order chi connectivity index (χ1) is 15.1. The average Bonchev–Trinajstić information content (AvgIpc) is 2.77. The van der Waals surface area contributed by atoms with Crippen molar-refractivity contribution in [3.63, 3.8) is 0 Å². The van der Waals surface area contributed by atoms with Crippen molar-refractivity contribution in [2.45, 2.75) is 39.2 Å². The van der Waals surface area contributed by atoms with Gasteiger partial charge in [0.05, 0.1) is 32.7 Å². The number of fused-ring (bicyclic) bond motifs is 1. The highest BCUT2D eigenvalue weighted by Gasteiger charge is 2.22. The van der Waals surface area contributed by atoms with Crippen LogP contribution in [0.15, 0.2) is 42.5 Å². The summed E-state index contributed by atoms with van der Waals surface area (Å²) in [7, 11) is 0. The van der Waals surface area contributed by atoms with E-state index in [0.717, 1.165) is 24.8 Å².